The van der Waals surface area contributed by atoms with Crippen molar-refractivity contribution in [2.45, 2.75) is 49.7 Å². The second kappa shape index (κ2) is 16.2. The lowest BCUT2D eigenvalue weighted by Gasteiger charge is -2.24. The van der Waals surface area contributed by atoms with Crippen LogP contribution in [0.2, 0.25) is 0 Å². The zero-order valence-corrected chi connectivity index (χ0v) is 28.8. The lowest BCUT2D eigenvalue weighted by molar-refractivity contribution is -0.122. The molecule has 1 aliphatic carbocycles. The number of hydrogen-bond donors (Lipinski definition) is 4. The van der Waals surface area contributed by atoms with E-state index in [4.69, 9.17) is 0 Å². The van der Waals surface area contributed by atoms with Crippen LogP contribution in [0.25, 0.3) is 0 Å². The van der Waals surface area contributed by atoms with Gasteiger partial charge in [0.2, 0.25) is 5.91 Å². The Kier molecular flexibility index (Phi) is 11.8. The number of carbonyl (C=O) groups excluding carboxylic acids is 3. The van der Waals surface area contributed by atoms with Crippen LogP contribution in [0.15, 0.2) is 89.3 Å². The maximum atomic E-state index is 13.9. The highest BCUT2D eigenvalue weighted by molar-refractivity contribution is 7.92. The van der Waals surface area contributed by atoms with Crippen molar-refractivity contribution in [3.05, 3.63) is 112 Å². The summed E-state index contributed by atoms with van der Waals surface area (Å²) in [5.74, 6) is -1.25. The number of hydrogen-bond acceptors (Lipinski definition) is 8. The van der Waals surface area contributed by atoms with E-state index in [1.807, 2.05) is 30.3 Å². The van der Waals surface area contributed by atoms with E-state index in [1.54, 1.807) is 18.5 Å². The summed E-state index contributed by atoms with van der Waals surface area (Å²) in [5, 5.41) is 14.4. The number of amides is 3. The third-order valence-electron chi connectivity index (χ3n) is 8.15. The van der Waals surface area contributed by atoms with E-state index in [1.165, 1.54) is 36.6 Å². The molecule has 1 fully saturated rings. The van der Waals surface area contributed by atoms with Crippen LogP contribution in [-0.2, 0) is 27.8 Å². The maximum Gasteiger partial charge on any atom is 0.264 e. The van der Waals surface area contributed by atoms with Gasteiger partial charge >= 0.3 is 0 Å². The Bertz CT molecular complexity index is 1850. The Labute approximate surface area is 289 Å². The van der Waals surface area contributed by atoms with E-state index >= 15 is 0 Å². The summed E-state index contributed by atoms with van der Waals surface area (Å²) in [6.07, 6.45) is 4.30. The molecular weight excluding hydrogens is 668 g/mol. The third-order valence-corrected chi connectivity index (χ3v) is 10.7. The molecule has 1 aromatic heterocycles. The first-order valence-electron chi connectivity index (χ1n) is 15.9. The molecule has 0 spiro atoms. The van der Waals surface area contributed by atoms with Gasteiger partial charge < -0.3 is 21.3 Å². The Morgan fingerprint density at radius 1 is 0.980 bits per heavy atom. The monoisotopic (exact) mass is 706 g/mol. The minimum Gasteiger partial charge on any atom is -0.354 e. The molecule has 0 saturated heterocycles. The van der Waals surface area contributed by atoms with Crippen LogP contribution in [0.3, 0.4) is 0 Å². The highest BCUT2D eigenvalue weighted by Crippen LogP contribution is 2.28. The van der Waals surface area contributed by atoms with Crippen molar-refractivity contribution >= 4 is 44.8 Å². The first-order chi connectivity index (χ1) is 23.5. The summed E-state index contributed by atoms with van der Waals surface area (Å²) < 4.78 is 41.5. The van der Waals surface area contributed by atoms with Crippen LogP contribution in [0, 0.1) is 11.7 Å². The van der Waals surface area contributed by atoms with Gasteiger partial charge in [0.1, 0.15) is 10.8 Å². The van der Waals surface area contributed by atoms with Gasteiger partial charge in [-0.3, -0.25) is 18.7 Å². The fraction of sp³-hybridized carbons (Fsp3) is 0.314. The van der Waals surface area contributed by atoms with Crippen LogP contribution in [0.1, 0.15) is 51.1 Å². The number of rotatable bonds is 16. The summed E-state index contributed by atoms with van der Waals surface area (Å²) in [5.41, 5.74) is 1.11. The molecule has 14 heteroatoms. The van der Waals surface area contributed by atoms with Gasteiger partial charge in [0, 0.05) is 48.9 Å². The van der Waals surface area contributed by atoms with Gasteiger partial charge in [-0.25, -0.2) is 17.8 Å². The molecule has 1 heterocycles. The minimum atomic E-state index is -4.19. The molecule has 11 nitrogen and oxygen atoms in total. The third kappa shape index (κ3) is 9.94. The molecule has 49 heavy (non-hydrogen) atoms. The van der Waals surface area contributed by atoms with Crippen molar-refractivity contribution in [2.75, 3.05) is 24.4 Å². The van der Waals surface area contributed by atoms with Crippen LogP contribution in [0.4, 0.5) is 10.1 Å². The summed E-state index contributed by atoms with van der Waals surface area (Å²) in [4.78, 5) is 43.9. The largest absolute Gasteiger partial charge is 0.354 e. The molecular formula is C35H39FN6O5S2. The SMILES string of the molecule is C[C@H](NC[C@H](Cc1ccccc1)NC(=O)c1cc(C(=O)NCc2nccs2)cc(N(C)S(=O)(=O)c2ccc(F)cc2)c1)C(=O)NCC1CC1. The molecule has 2 atom stereocenters. The minimum absolute atomic E-state index is 0.0475. The predicted molar refractivity (Wildman–Crippen MR) is 186 cm³/mol. The van der Waals surface area contributed by atoms with Gasteiger partial charge in [-0.15, -0.1) is 11.3 Å². The topological polar surface area (TPSA) is 150 Å². The van der Waals surface area contributed by atoms with Gasteiger partial charge in [0.05, 0.1) is 23.2 Å². The predicted octanol–water partition coefficient (Wildman–Crippen LogP) is 3.88. The maximum absolute atomic E-state index is 13.9. The average molecular weight is 707 g/mol. The van der Waals surface area contributed by atoms with Crippen LogP contribution >= 0.6 is 11.3 Å². The average Bonchev–Trinajstić information content (AvgIpc) is 3.79. The first-order valence-corrected chi connectivity index (χ1v) is 18.2. The van der Waals surface area contributed by atoms with E-state index in [2.05, 4.69) is 26.3 Å². The van der Waals surface area contributed by atoms with Gasteiger partial charge in [-0.05, 0) is 80.1 Å². The lowest BCUT2D eigenvalue weighted by Crippen LogP contribution is -2.49. The Morgan fingerprint density at radius 2 is 1.67 bits per heavy atom. The molecule has 1 saturated carbocycles. The first kappa shape index (κ1) is 35.6. The highest BCUT2D eigenvalue weighted by atomic mass is 32.2. The van der Waals surface area contributed by atoms with Gasteiger partial charge in [0.15, 0.2) is 0 Å². The number of thiazole rings is 1. The Hall–Kier alpha value is -4.66. The van der Waals surface area contributed by atoms with Crippen LogP contribution in [-0.4, -0.2) is 63.3 Å². The standard InChI is InChI=1S/C35H39FN6O5S2/c1-23(33(43)39-20-25-8-9-25)38-21-29(16-24-6-4-3-5-7-24)41-35(45)27-17-26(34(44)40-22-32-37-14-15-48-32)18-30(19-27)42(2)49(46,47)31-12-10-28(36)11-13-31/h3-7,10-15,17-19,23,25,29,38H,8-9,16,20-22H2,1-2H3,(H,39,43)(H,40,44)(H,41,45)/t23-,29-/m0/s1. The number of benzene rings is 3. The molecule has 0 bridgehead atoms. The molecule has 4 aromatic rings. The van der Waals surface area contributed by atoms with Crippen molar-refractivity contribution < 1.29 is 27.2 Å². The smallest absolute Gasteiger partial charge is 0.264 e. The van der Waals surface area contributed by atoms with Crippen molar-refractivity contribution in [1.82, 2.24) is 26.3 Å². The van der Waals surface area contributed by atoms with Crippen molar-refractivity contribution in [3.8, 4) is 0 Å². The second-order valence-corrected chi connectivity index (χ2v) is 14.9. The van der Waals surface area contributed by atoms with Crippen molar-refractivity contribution in [3.63, 3.8) is 0 Å². The molecule has 5 rings (SSSR count). The van der Waals surface area contributed by atoms with Gasteiger partial charge in [-0.1, -0.05) is 30.3 Å². The zero-order chi connectivity index (χ0) is 35.0. The second-order valence-electron chi connectivity index (χ2n) is 12.0. The van der Waals surface area contributed by atoms with Crippen LogP contribution < -0.4 is 25.6 Å². The summed E-state index contributed by atoms with van der Waals surface area (Å²) >= 11 is 1.37. The van der Waals surface area contributed by atoms with E-state index in [0.29, 0.717) is 23.9 Å². The van der Waals surface area contributed by atoms with Crippen molar-refractivity contribution in [1.29, 1.82) is 0 Å². The molecule has 0 radical (unpaired) electrons. The fourth-order valence-corrected chi connectivity index (χ4v) is 6.77. The number of nitrogens with zero attached hydrogens (tertiary/aromatic N) is 2. The quantitative estimate of drug-likeness (QED) is 0.138. The fourth-order valence-electron chi connectivity index (χ4n) is 5.03. The Morgan fingerprint density at radius 3 is 2.33 bits per heavy atom. The zero-order valence-electron chi connectivity index (χ0n) is 27.2. The molecule has 0 aliphatic heterocycles. The highest BCUT2D eigenvalue weighted by Gasteiger charge is 2.26. The molecule has 4 N–H and O–H groups in total. The summed E-state index contributed by atoms with van der Waals surface area (Å²) in [7, 11) is -2.89. The molecule has 0 unspecified atom stereocenters. The van der Waals surface area contributed by atoms with E-state index in [0.717, 1.165) is 47.0 Å². The van der Waals surface area contributed by atoms with Crippen molar-refractivity contribution in [2.24, 2.45) is 5.92 Å². The van der Waals surface area contributed by atoms with Crippen LogP contribution in [0.5, 0.6) is 0 Å². The summed E-state index contributed by atoms with van der Waals surface area (Å²) in [6, 6.07) is 17.1. The summed E-state index contributed by atoms with van der Waals surface area (Å²) in [6.45, 7) is 2.82. The number of halogens is 1. The Balaban J connectivity index is 1.40. The van der Waals surface area contributed by atoms with E-state index in [9.17, 15) is 27.2 Å². The number of nitrogens with one attached hydrogen (secondary N) is 4. The molecule has 258 valence electrons. The lowest BCUT2D eigenvalue weighted by atomic mass is 10.0. The molecule has 1 aliphatic rings. The normalized spacial score (nSPS) is 14.0. The van der Waals surface area contributed by atoms with E-state index < -0.39 is 39.7 Å². The van der Waals surface area contributed by atoms with Gasteiger partial charge in [-0.2, -0.15) is 0 Å². The number of anilines is 1. The number of sulfonamides is 1. The number of carbonyl (C=O) groups is 3. The molecule has 3 amide bonds. The number of aromatic nitrogens is 1. The molecule has 3 aromatic carbocycles. The van der Waals surface area contributed by atoms with Gasteiger partial charge in [0.25, 0.3) is 21.8 Å². The van der Waals surface area contributed by atoms with E-state index in [-0.39, 0.29) is 40.7 Å².